The minimum absolute atomic E-state index is 0.128. The molecule has 3 aromatic heterocycles. The fraction of sp³-hybridized carbons (Fsp3) is 0.353. The first kappa shape index (κ1) is 14.4. The number of aryl methyl sites for hydroxylation is 1. The standard InChI is InChI=1S/C17H18N4OS/c1-11-10-23-16(19-11)17(7-2-3-8-17)21-15(22)13-5-4-12-6-9-18-14(12)20-13/h4-6,9-10H,2-3,7-8H2,1H3,(H,18,20)(H,21,22). The molecule has 1 saturated carbocycles. The minimum Gasteiger partial charge on any atom is -0.346 e. The number of carbonyl (C=O) groups is 1. The van der Waals surface area contributed by atoms with Crippen molar-refractivity contribution in [1.29, 1.82) is 0 Å². The summed E-state index contributed by atoms with van der Waals surface area (Å²) in [4.78, 5) is 24.8. The van der Waals surface area contributed by atoms with Crippen LogP contribution in [0.3, 0.4) is 0 Å². The van der Waals surface area contributed by atoms with Gasteiger partial charge < -0.3 is 10.3 Å². The highest BCUT2D eigenvalue weighted by Gasteiger charge is 2.40. The molecule has 23 heavy (non-hydrogen) atoms. The van der Waals surface area contributed by atoms with Gasteiger partial charge in [-0.3, -0.25) is 4.79 Å². The molecule has 5 nitrogen and oxygen atoms in total. The average Bonchev–Trinajstić information content (AvgIpc) is 3.26. The number of aromatic amines is 1. The van der Waals surface area contributed by atoms with Crippen molar-refractivity contribution in [3.05, 3.63) is 46.2 Å². The van der Waals surface area contributed by atoms with Crippen LogP contribution < -0.4 is 5.32 Å². The number of hydrogen-bond acceptors (Lipinski definition) is 4. The lowest BCUT2D eigenvalue weighted by atomic mass is 9.98. The molecule has 1 amide bonds. The zero-order valence-corrected chi connectivity index (χ0v) is 13.7. The van der Waals surface area contributed by atoms with Crippen LogP contribution in [-0.4, -0.2) is 20.9 Å². The number of nitrogens with zero attached hydrogens (tertiary/aromatic N) is 2. The van der Waals surface area contributed by atoms with Gasteiger partial charge >= 0.3 is 0 Å². The van der Waals surface area contributed by atoms with E-state index in [1.54, 1.807) is 17.4 Å². The first-order valence-corrected chi connectivity index (χ1v) is 8.74. The third-order valence-electron chi connectivity index (χ3n) is 4.48. The molecule has 0 aromatic carbocycles. The predicted molar refractivity (Wildman–Crippen MR) is 90.6 cm³/mol. The number of aromatic nitrogens is 3. The van der Waals surface area contributed by atoms with E-state index in [-0.39, 0.29) is 11.4 Å². The van der Waals surface area contributed by atoms with Gasteiger partial charge in [-0.1, -0.05) is 12.8 Å². The molecule has 2 N–H and O–H groups in total. The fourth-order valence-corrected chi connectivity index (χ4v) is 4.30. The Bertz CT molecular complexity index is 860. The van der Waals surface area contributed by atoms with Gasteiger partial charge in [0.1, 0.15) is 16.3 Å². The molecule has 0 aliphatic heterocycles. The first-order valence-electron chi connectivity index (χ1n) is 7.86. The molecular formula is C17H18N4OS. The summed E-state index contributed by atoms with van der Waals surface area (Å²) in [7, 11) is 0. The number of pyridine rings is 1. The van der Waals surface area contributed by atoms with E-state index in [2.05, 4.69) is 20.3 Å². The molecule has 0 atom stereocenters. The van der Waals surface area contributed by atoms with Gasteiger partial charge in [0.25, 0.3) is 5.91 Å². The predicted octanol–water partition coefficient (Wildman–Crippen LogP) is 3.53. The maximum atomic E-state index is 12.7. The van der Waals surface area contributed by atoms with Crippen LogP contribution in [0.4, 0.5) is 0 Å². The summed E-state index contributed by atoms with van der Waals surface area (Å²) in [5, 5.41) is 7.30. The maximum absolute atomic E-state index is 12.7. The van der Waals surface area contributed by atoms with Gasteiger partial charge in [0.05, 0.1) is 5.54 Å². The van der Waals surface area contributed by atoms with E-state index in [1.165, 1.54) is 0 Å². The minimum atomic E-state index is -0.331. The van der Waals surface area contributed by atoms with Crippen molar-refractivity contribution >= 4 is 28.3 Å². The molecular weight excluding hydrogens is 308 g/mol. The van der Waals surface area contributed by atoms with Gasteiger partial charge in [-0.05, 0) is 38.0 Å². The van der Waals surface area contributed by atoms with E-state index < -0.39 is 0 Å². The first-order chi connectivity index (χ1) is 11.2. The van der Waals surface area contributed by atoms with Crippen LogP contribution >= 0.6 is 11.3 Å². The summed E-state index contributed by atoms with van der Waals surface area (Å²) in [5.41, 5.74) is 1.86. The van der Waals surface area contributed by atoms with E-state index >= 15 is 0 Å². The Balaban J connectivity index is 1.65. The Labute approximate surface area is 138 Å². The second kappa shape index (κ2) is 5.45. The Morgan fingerprint density at radius 2 is 2.09 bits per heavy atom. The Morgan fingerprint density at radius 1 is 1.26 bits per heavy atom. The van der Waals surface area contributed by atoms with Gasteiger partial charge in [0, 0.05) is 22.7 Å². The van der Waals surface area contributed by atoms with Gasteiger partial charge in [0.2, 0.25) is 0 Å². The maximum Gasteiger partial charge on any atom is 0.270 e. The molecule has 118 valence electrons. The van der Waals surface area contributed by atoms with Crippen LogP contribution in [0.15, 0.2) is 29.8 Å². The summed E-state index contributed by atoms with van der Waals surface area (Å²) < 4.78 is 0. The third kappa shape index (κ3) is 2.53. The van der Waals surface area contributed by atoms with Crippen LogP contribution in [0.1, 0.15) is 46.9 Å². The monoisotopic (exact) mass is 326 g/mol. The molecule has 4 rings (SSSR count). The quantitative estimate of drug-likeness (QED) is 0.773. The summed E-state index contributed by atoms with van der Waals surface area (Å²) >= 11 is 1.63. The van der Waals surface area contributed by atoms with Crippen LogP contribution in [0.5, 0.6) is 0 Å². The highest BCUT2D eigenvalue weighted by Crippen LogP contribution is 2.40. The second-order valence-electron chi connectivity index (χ2n) is 6.15. The zero-order valence-electron chi connectivity index (χ0n) is 12.9. The van der Waals surface area contributed by atoms with Crippen molar-refractivity contribution in [3.63, 3.8) is 0 Å². The van der Waals surface area contributed by atoms with Crippen molar-refractivity contribution in [2.75, 3.05) is 0 Å². The van der Waals surface area contributed by atoms with E-state index in [0.717, 1.165) is 47.4 Å². The second-order valence-corrected chi connectivity index (χ2v) is 7.01. The molecule has 0 bridgehead atoms. The number of hydrogen-bond donors (Lipinski definition) is 2. The molecule has 0 spiro atoms. The number of carbonyl (C=O) groups excluding carboxylic acids is 1. The number of nitrogens with one attached hydrogen (secondary N) is 2. The van der Waals surface area contributed by atoms with Crippen molar-refractivity contribution in [2.24, 2.45) is 0 Å². The largest absolute Gasteiger partial charge is 0.346 e. The number of H-pyrrole nitrogens is 1. The normalized spacial score (nSPS) is 16.7. The Morgan fingerprint density at radius 3 is 2.83 bits per heavy atom. The molecule has 0 unspecified atom stereocenters. The zero-order chi connectivity index (χ0) is 15.9. The third-order valence-corrected chi connectivity index (χ3v) is 5.64. The van der Waals surface area contributed by atoms with Crippen molar-refractivity contribution in [3.8, 4) is 0 Å². The summed E-state index contributed by atoms with van der Waals surface area (Å²) in [6, 6.07) is 5.64. The number of thiazole rings is 1. The lowest BCUT2D eigenvalue weighted by Gasteiger charge is -2.28. The number of fused-ring (bicyclic) bond motifs is 1. The molecule has 3 aromatic rings. The van der Waals surface area contributed by atoms with Crippen molar-refractivity contribution in [1.82, 2.24) is 20.3 Å². The van der Waals surface area contributed by atoms with E-state index in [9.17, 15) is 4.79 Å². The highest BCUT2D eigenvalue weighted by atomic mass is 32.1. The van der Waals surface area contributed by atoms with Gasteiger partial charge in [-0.15, -0.1) is 11.3 Å². The highest BCUT2D eigenvalue weighted by molar-refractivity contribution is 7.09. The molecule has 1 aliphatic carbocycles. The van der Waals surface area contributed by atoms with Gasteiger partial charge in [-0.25, -0.2) is 9.97 Å². The SMILES string of the molecule is Cc1csc(C2(NC(=O)c3ccc4cc[nH]c4n3)CCCC2)n1. The number of rotatable bonds is 3. The average molecular weight is 326 g/mol. The summed E-state index contributed by atoms with van der Waals surface area (Å²) in [5.74, 6) is -0.128. The summed E-state index contributed by atoms with van der Waals surface area (Å²) in [6.45, 7) is 1.99. The molecule has 0 saturated heterocycles. The number of amides is 1. The molecule has 6 heteroatoms. The Kier molecular flexibility index (Phi) is 3.41. The molecule has 1 fully saturated rings. The topological polar surface area (TPSA) is 70.7 Å². The van der Waals surface area contributed by atoms with E-state index in [1.807, 2.05) is 30.6 Å². The van der Waals surface area contributed by atoms with Crippen molar-refractivity contribution in [2.45, 2.75) is 38.1 Å². The fourth-order valence-electron chi connectivity index (χ4n) is 3.28. The smallest absolute Gasteiger partial charge is 0.270 e. The molecule has 3 heterocycles. The van der Waals surface area contributed by atoms with E-state index in [4.69, 9.17) is 0 Å². The molecule has 1 aliphatic rings. The Hall–Kier alpha value is -2.21. The summed E-state index contributed by atoms with van der Waals surface area (Å²) in [6.07, 6.45) is 5.94. The van der Waals surface area contributed by atoms with Crippen LogP contribution in [0.2, 0.25) is 0 Å². The van der Waals surface area contributed by atoms with Crippen LogP contribution in [0, 0.1) is 6.92 Å². The lowest BCUT2D eigenvalue weighted by molar-refractivity contribution is 0.0893. The van der Waals surface area contributed by atoms with Crippen LogP contribution in [-0.2, 0) is 5.54 Å². The molecule has 0 radical (unpaired) electrons. The lowest BCUT2D eigenvalue weighted by Crippen LogP contribution is -2.44. The van der Waals surface area contributed by atoms with Gasteiger partial charge in [0.15, 0.2) is 0 Å². The van der Waals surface area contributed by atoms with Crippen LogP contribution in [0.25, 0.3) is 11.0 Å². The van der Waals surface area contributed by atoms with Gasteiger partial charge in [-0.2, -0.15) is 0 Å². The van der Waals surface area contributed by atoms with Crippen molar-refractivity contribution < 1.29 is 4.79 Å². The van der Waals surface area contributed by atoms with E-state index in [0.29, 0.717) is 5.69 Å².